The Morgan fingerprint density at radius 2 is 1.81 bits per heavy atom. The predicted octanol–water partition coefficient (Wildman–Crippen LogP) is 0.238. The number of piperazine rings is 1. The molecule has 1 aromatic carbocycles. The molecule has 2 saturated heterocycles. The minimum Gasteiger partial charge on any atom is -0.450 e. The second-order valence-corrected chi connectivity index (χ2v) is 6.69. The molecule has 26 heavy (non-hydrogen) atoms. The highest BCUT2D eigenvalue weighted by Gasteiger charge is 2.46. The number of carbonyl (C=O) groups excluding carboxylic acids is 3. The third-order valence-electron chi connectivity index (χ3n) is 5.17. The van der Waals surface area contributed by atoms with E-state index in [0.29, 0.717) is 38.5 Å². The molecule has 2 fully saturated rings. The molecule has 7 heteroatoms. The van der Waals surface area contributed by atoms with Gasteiger partial charge < -0.3 is 9.64 Å². The van der Waals surface area contributed by atoms with Crippen molar-refractivity contribution in [2.45, 2.75) is 32.7 Å². The van der Waals surface area contributed by atoms with Gasteiger partial charge in [-0.15, -0.1) is 0 Å². The first-order valence-electron chi connectivity index (χ1n) is 9.27. The number of imide groups is 1. The summed E-state index contributed by atoms with van der Waals surface area (Å²) in [5.74, 6) is -0.289. The second-order valence-electron chi connectivity index (χ2n) is 6.69. The summed E-state index contributed by atoms with van der Waals surface area (Å²) in [4.78, 5) is 41.2. The number of amides is 3. The Morgan fingerprint density at radius 3 is 2.38 bits per heavy atom. The van der Waals surface area contributed by atoms with E-state index < -0.39 is 0 Å². The number of rotatable bonds is 4. The number of quaternary nitrogens is 1. The lowest BCUT2D eigenvalue weighted by Crippen LogP contribution is -3.19. The highest BCUT2D eigenvalue weighted by atomic mass is 16.6. The Labute approximate surface area is 153 Å². The van der Waals surface area contributed by atoms with Crippen molar-refractivity contribution in [2.75, 3.05) is 37.7 Å². The van der Waals surface area contributed by atoms with E-state index in [1.54, 1.807) is 11.8 Å². The van der Waals surface area contributed by atoms with Gasteiger partial charge in [0.1, 0.15) is 0 Å². The Morgan fingerprint density at radius 1 is 1.15 bits per heavy atom. The zero-order chi connectivity index (χ0) is 18.7. The fourth-order valence-electron chi connectivity index (χ4n) is 3.64. The number of nitrogens with zero attached hydrogens (tertiary/aromatic N) is 2. The first kappa shape index (κ1) is 18.4. The number of benzene rings is 1. The summed E-state index contributed by atoms with van der Waals surface area (Å²) in [5, 5.41) is 0. The van der Waals surface area contributed by atoms with Gasteiger partial charge in [-0.3, -0.25) is 14.5 Å². The molecule has 0 bridgehead atoms. The van der Waals surface area contributed by atoms with Crippen LogP contribution >= 0.6 is 0 Å². The monoisotopic (exact) mass is 360 g/mol. The molecular weight excluding hydrogens is 334 g/mol. The SMILES string of the molecule is CCOC(=O)N1CC[NH+]([C@@H]2CC(=O)N(c3ccc(CC)cc3)C2=O)CC1. The van der Waals surface area contributed by atoms with Crippen molar-refractivity contribution in [3.8, 4) is 0 Å². The van der Waals surface area contributed by atoms with Crippen LogP contribution in [0.25, 0.3) is 0 Å². The maximum absolute atomic E-state index is 12.9. The fraction of sp³-hybridized carbons (Fsp3) is 0.526. The van der Waals surface area contributed by atoms with Crippen LogP contribution in [0.1, 0.15) is 25.8 Å². The number of aryl methyl sites for hydroxylation is 1. The second kappa shape index (κ2) is 7.86. The van der Waals surface area contributed by atoms with Gasteiger partial charge in [0.25, 0.3) is 5.91 Å². The highest BCUT2D eigenvalue weighted by molar-refractivity contribution is 6.21. The molecule has 3 rings (SSSR count). The maximum atomic E-state index is 12.9. The van der Waals surface area contributed by atoms with Gasteiger partial charge in [0.15, 0.2) is 6.04 Å². The summed E-state index contributed by atoms with van der Waals surface area (Å²) in [5.41, 5.74) is 1.81. The van der Waals surface area contributed by atoms with Gasteiger partial charge in [-0.05, 0) is 31.0 Å². The molecule has 0 radical (unpaired) electrons. The molecule has 0 aliphatic carbocycles. The molecule has 1 aromatic rings. The van der Waals surface area contributed by atoms with Crippen molar-refractivity contribution in [1.82, 2.24) is 4.90 Å². The summed E-state index contributed by atoms with van der Waals surface area (Å²) in [6, 6.07) is 7.22. The molecule has 3 amide bonds. The average Bonchev–Trinajstić information content (AvgIpc) is 2.96. The number of anilines is 1. The molecule has 1 atom stereocenters. The van der Waals surface area contributed by atoms with Crippen LogP contribution in [0.4, 0.5) is 10.5 Å². The highest BCUT2D eigenvalue weighted by Crippen LogP contribution is 2.22. The summed E-state index contributed by atoms with van der Waals surface area (Å²) < 4.78 is 5.02. The molecule has 7 nitrogen and oxygen atoms in total. The topological polar surface area (TPSA) is 71.4 Å². The first-order valence-corrected chi connectivity index (χ1v) is 9.27. The third-order valence-corrected chi connectivity index (χ3v) is 5.17. The molecule has 2 heterocycles. The maximum Gasteiger partial charge on any atom is 0.410 e. The van der Waals surface area contributed by atoms with Crippen molar-refractivity contribution in [2.24, 2.45) is 0 Å². The minimum absolute atomic E-state index is 0.140. The van der Waals surface area contributed by atoms with Gasteiger partial charge >= 0.3 is 6.09 Å². The van der Waals surface area contributed by atoms with Crippen LogP contribution in [-0.2, 0) is 20.7 Å². The summed E-state index contributed by atoms with van der Waals surface area (Å²) in [6.45, 7) is 6.57. The molecule has 2 aliphatic rings. The van der Waals surface area contributed by atoms with Crippen molar-refractivity contribution in [3.05, 3.63) is 29.8 Å². The predicted molar refractivity (Wildman–Crippen MR) is 96.0 cm³/mol. The van der Waals surface area contributed by atoms with Crippen LogP contribution in [-0.4, -0.2) is 61.6 Å². The van der Waals surface area contributed by atoms with Crippen molar-refractivity contribution in [1.29, 1.82) is 0 Å². The largest absolute Gasteiger partial charge is 0.450 e. The van der Waals surface area contributed by atoms with E-state index in [2.05, 4.69) is 6.92 Å². The molecule has 0 aromatic heterocycles. The van der Waals surface area contributed by atoms with Crippen LogP contribution in [0.2, 0.25) is 0 Å². The number of nitrogens with one attached hydrogen (secondary N) is 1. The van der Waals surface area contributed by atoms with E-state index >= 15 is 0 Å². The Kier molecular flexibility index (Phi) is 5.56. The lowest BCUT2D eigenvalue weighted by atomic mass is 10.1. The van der Waals surface area contributed by atoms with Crippen LogP contribution < -0.4 is 9.80 Å². The molecule has 2 aliphatic heterocycles. The number of hydrogen-bond acceptors (Lipinski definition) is 4. The molecule has 0 unspecified atom stereocenters. The molecule has 0 saturated carbocycles. The number of ether oxygens (including phenoxy) is 1. The lowest BCUT2D eigenvalue weighted by molar-refractivity contribution is -0.918. The average molecular weight is 360 g/mol. The van der Waals surface area contributed by atoms with Gasteiger partial charge in [0.2, 0.25) is 5.91 Å². The van der Waals surface area contributed by atoms with E-state index in [9.17, 15) is 14.4 Å². The smallest absolute Gasteiger partial charge is 0.410 e. The van der Waals surface area contributed by atoms with Crippen molar-refractivity contribution < 1.29 is 24.0 Å². The van der Waals surface area contributed by atoms with Crippen LogP contribution in [0.5, 0.6) is 0 Å². The van der Waals surface area contributed by atoms with E-state index in [-0.39, 0.29) is 30.4 Å². The van der Waals surface area contributed by atoms with Crippen molar-refractivity contribution in [3.63, 3.8) is 0 Å². The fourth-order valence-corrected chi connectivity index (χ4v) is 3.64. The van der Waals surface area contributed by atoms with Gasteiger partial charge in [0.05, 0.1) is 44.9 Å². The van der Waals surface area contributed by atoms with E-state index in [4.69, 9.17) is 4.74 Å². The third kappa shape index (κ3) is 3.58. The lowest BCUT2D eigenvalue weighted by Gasteiger charge is -2.33. The van der Waals surface area contributed by atoms with Crippen LogP contribution in [0.3, 0.4) is 0 Å². The van der Waals surface area contributed by atoms with Crippen LogP contribution in [0.15, 0.2) is 24.3 Å². The zero-order valence-electron chi connectivity index (χ0n) is 15.4. The Hall–Kier alpha value is -2.41. The molecule has 140 valence electrons. The summed E-state index contributed by atoms with van der Waals surface area (Å²) in [6.07, 6.45) is 0.834. The van der Waals surface area contributed by atoms with Gasteiger partial charge in [0, 0.05) is 0 Å². The van der Waals surface area contributed by atoms with Gasteiger partial charge in [-0.2, -0.15) is 0 Å². The summed E-state index contributed by atoms with van der Waals surface area (Å²) in [7, 11) is 0. The van der Waals surface area contributed by atoms with E-state index in [1.807, 2.05) is 24.3 Å². The standard InChI is InChI=1S/C19H25N3O4/c1-3-14-5-7-15(8-6-14)22-17(23)13-16(18(22)24)20-9-11-21(12-10-20)19(25)26-4-2/h5-8,16H,3-4,9-13H2,1-2H3/p+1/t16-/m1/s1. The summed E-state index contributed by atoms with van der Waals surface area (Å²) >= 11 is 0. The van der Waals surface area contributed by atoms with Crippen molar-refractivity contribution >= 4 is 23.6 Å². The zero-order valence-corrected chi connectivity index (χ0v) is 15.4. The Balaban J connectivity index is 1.65. The van der Waals surface area contributed by atoms with E-state index in [0.717, 1.165) is 11.3 Å². The number of carbonyl (C=O) groups is 3. The normalized spacial score (nSPS) is 21.4. The molecule has 0 spiro atoms. The number of hydrogen-bond donors (Lipinski definition) is 1. The van der Waals surface area contributed by atoms with E-state index in [1.165, 1.54) is 10.5 Å². The Bertz CT molecular complexity index is 681. The van der Waals surface area contributed by atoms with Gasteiger partial charge in [-0.25, -0.2) is 9.69 Å². The van der Waals surface area contributed by atoms with Gasteiger partial charge in [-0.1, -0.05) is 19.1 Å². The molecular formula is C19H26N3O4+. The minimum atomic E-state index is -0.363. The molecule has 1 N–H and O–H groups in total. The van der Waals surface area contributed by atoms with Crippen LogP contribution in [0, 0.1) is 0 Å². The quantitative estimate of drug-likeness (QED) is 0.781. The first-order chi connectivity index (χ1) is 12.5.